The quantitative estimate of drug-likeness (QED) is 0.383. The van der Waals surface area contributed by atoms with Gasteiger partial charge in [-0.15, -0.1) is 0 Å². The third-order valence-corrected chi connectivity index (χ3v) is 7.65. The molecule has 3 atom stereocenters. The van der Waals surface area contributed by atoms with Gasteiger partial charge in [-0.1, -0.05) is 0 Å². The standard InChI is InChI=1S/C29H33FN8O3/c1-16-12-38(13-17(2)32-16)25-6-5-22(28(40)33-20-9-19-14-36(4)35-26(19)24(30)10-20)27-23(25)11-31-29(34-27)41-21-7-8-37(15-21)18(3)39/h5-6,9-11,14,16-17,21,32H,7-8,12-13,15H2,1-4H3,(H,33,40)/t16-,17+,21-/m0/s1. The van der Waals surface area contributed by atoms with Gasteiger partial charge in [-0.2, -0.15) is 10.1 Å². The third kappa shape index (κ3) is 5.39. The van der Waals surface area contributed by atoms with Crippen molar-refractivity contribution in [1.82, 2.24) is 30.0 Å². The van der Waals surface area contributed by atoms with E-state index < -0.39 is 11.7 Å². The Kier molecular flexibility index (Phi) is 6.94. The van der Waals surface area contributed by atoms with E-state index in [0.29, 0.717) is 41.7 Å². The summed E-state index contributed by atoms with van der Waals surface area (Å²) in [7, 11) is 1.72. The van der Waals surface area contributed by atoms with Gasteiger partial charge in [-0.3, -0.25) is 14.3 Å². The zero-order valence-corrected chi connectivity index (χ0v) is 23.5. The number of nitrogens with zero attached hydrogens (tertiary/aromatic N) is 6. The number of fused-ring (bicyclic) bond motifs is 2. The molecule has 2 aliphatic rings. The topological polar surface area (TPSA) is 118 Å². The molecule has 0 spiro atoms. The maximum Gasteiger partial charge on any atom is 0.317 e. The van der Waals surface area contributed by atoms with E-state index in [2.05, 4.69) is 39.5 Å². The first-order chi connectivity index (χ1) is 19.6. The van der Waals surface area contributed by atoms with Gasteiger partial charge in [0.05, 0.1) is 17.6 Å². The first-order valence-corrected chi connectivity index (χ1v) is 13.8. The second kappa shape index (κ2) is 10.6. The molecule has 2 N–H and O–H groups in total. The zero-order chi connectivity index (χ0) is 28.8. The first-order valence-electron chi connectivity index (χ1n) is 13.8. The molecule has 2 fully saturated rings. The van der Waals surface area contributed by atoms with Crippen LogP contribution in [0.25, 0.3) is 21.8 Å². The van der Waals surface area contributed by atoms with Gasteiger partial charge in [0, 0.05) is 86.7 Å². The highest BCUT2D eigenvalue weighted by Gasteiger charge is 2.28. The van der Waals surface area contributed by atoms with Gasteiger partial charge in [-0.05, 0) is 38.1 Å². The predicted octanol–water partition coefficient (Wildman–Crippen LogP) is 3.09. The highest BCUT2D eigenvalue weighted by Crippen LogP contribution is 2.32. The number of amides is 2. The van der Waals surface area contributed by atoms with Crippen molar-refractivity contribution < 1.29 is 18.7 Å². The minimum Gasteiger partial charge on any atom is -0.458 e. The Balaban J connectivity index is 1.36. The molecule has 2 aromatic carbocycles. The number of rotatable bonds is 5. The number of carbonyl (C=O) groups is 2. The summed E-state index contributed by atoms with van der Waals surface area (Å²) in [5, 5.41) is 11.8. The van der Waals surface area contributed by atoms with E-state index >= 15 is 0 Å². The van der Waals surface area contributed by atoms with Gasteiger partial charge >= 0.3 is 6.01 Å². The van der Waals surface area contributed by atoms with Crippen molar-refractivity contribution in [2.24, 2.45) is 7.05 Å². The molecule has 0 radical (unpaired) electrons. The highest BCUT2D eigenvalue weighted by atomic mass is 19.1. The number of benzene rings is 2. The maximum atomic E-state index is 14.7. The van der Waals surface area contributed by atoms with Gasteiger partial charge in [0.1, 0.15) is 11.6 Å². The Bertz CT molecular complexity index is 1650. The number of piperazine rings is 1. The molecule has 2 aromatic heterocycles. The smallest absolute Gasteiger partial charge is 0.317 e. The molecule has 214 valence electrons. The summed E-state index contributed by atoms with van der Waals surface area (Å²) in [4.78, 5) is 38.6. The van der Waals surface area contributed by atoms with E-state index in [9.17, 15) is 14.0 Å². The van der Waals surface area contributed by atoms with Crippen LogP contribution in [0, 0.1) is 5.82 Å². The molecule has 12 heteroatoms. The number of aryl methyl sites for hydroxylation is 1. The van der Waals surface area contributed by atoms with Crippen LogP contribution in [0.4, 0.5) is 15.8 Å². The molecule has 4 heterocycles. The Hall–Kier alpha value is -4.32. The Labute approximate surface area is 236 Å². The molecule has 2 aliphatic heterocycles. The van der Waals surface area contributed by atoms with Crippen LogP contribution in [0.2, 0.25) is 0 Å². The Morgan fingerprint density at radius 3 is 2.63 bits per heavy atom. The molecule has 2 saturated heterocycles. The monoisotopic (exact) mass is 560 g/mol. The number of hydrogen-bond acceptors (Lipinski definition) is 8. The molecule has 0 saturated carbocycles. The lowest BCUT2D eigenvalue weighted by Gasteiger charge is -2.38. The van der Waals surface area contributed by atoms with Gasteiger partial charge in [0.2, 0.25) is 5.91 Å². The molecule has 0 aliphatic carbocycles. The average Bonchev–Trinajstić information content (AvgIpc) is 3.53. The molecule has 41 heavy (non-hydrogen) atoms. The molecule has 0 bridgehead atoms. The second-order valence-corrected chi connectivity index (χ2v) is 11.1. The van der Waals surface area contributed by atoms with E-state index in [1.54, 1.807) is 36.5 Å². The lowest BCUT2D eigenvalue weighted by atomic mass is 10.0. The minimum atomic E-state index is -0.519. The molecule has 4 aromatic rings. The molecule has 11 nitrogen and oxygen atoms in total. The number of carbonyl (C=O) groups excluding carboxylic acids is 2. The molecular weight excluding hydrogens is 527 g/mol. The van der Waals surface area contributed by atoms with E-state index in [1.165, 1.54) is 17.7 Å². The summed E-state index contributed by atoms with van der Waals surface area (Å²) in [5.74, 6) is -0.950. The van der Waals surface area contributed by atoms with Crippen LogP contribution >= 0.6 is 0 Å². The van der Waals surface area contributed by atoms with Crippen molar-refractivity contribution >= 4 is 45.0 Å². The van der Waals surface area contributed by atoms with E-state index in [0.717, 1.165) is 24.2 Å². The van der Waals surface area contributed by atoms with Gasteiger partial charge in [0.15, 0.2) is 5.82 Å². The number of halogens is 1. The maximum absolute atomic E-state index is 14.7. The van der Waals surface area contributed by atoms with Crippen LogP contribution in [0.15, 0.2) is 36.7 Å². The number of hydrogen-bond donors (Lipinski definition) is 2. The first kappa shape index (κ1) is 26.9. The van der Waals surface area contributed by atoms with Crippen molar-refractivity contribution in [2.45, 2.75) is 45.4 Å². The molecule has 2 amide bonds. The van der Waals surface area contributed by atoms with Crippen molar-refractivity contribution in [1.29, 1.82) is 0 Å². The van der Waals surface area contributed by atoms with E-state index in [4.69, 9.17) is 9.72 Å². The number of anilines is 2. The predicted molar refractivity (Wildman–Crippen MR) is 154 cm³/mol. The largest absolute Gasteiger partial charge is 0.458 e. The summed E-state index contributed by atoms with van der Waals surface area (Å²) in [6, 6.07) is 7.31. The van der Waals surface area contributed by atoms with Crippen LogP contribution in [0.3, 0.4) is 0 Å². The third-order valence-electron chi connectivity index (χ3n) is 7.65. The normalized spacial score (nSPS) is 21.0. The van der Waals surface area contributed by atoms with Crippen molar-refractivity contribution in [3.05, 3.63) is 48.0 Å². The number of aromatic nitrogens is 4. The number of likely N-dealkylation sites (tertiary alicyclic amines) is 1. The van der Waals surface area contributed by atoms with E-state index in [-0.39, 0.29) is 35.6 Å². The van der Waals surface area contributed by atoms with Crippen molar-refractivity contribution in [3.63, 3.8) is 0 Å². The fourth-order valence-electron chi connectivity index (χ4n) is 5.87. The SMILES string of the molecule is CC(=O)N1CC[C@H](Oc2ncc3c(N4C[C@@H](C)N[C@@H](C)C4)ccc(C(=O)Nc4cc(F)c5nn(C)cc5c4)c3n2)C1. The number of nitrogens with one attached hydrogen (secondary N) is 2. The van der Waals surface area contributed by atoms with Crippen molar-refractivity contribution in [3.8, 4) is 6.01 Å². The lowest BCUT2D eigenvalue weighted by Crippen LogP contribution is -2.54. The fourth-order valence-corrected chi connectivity index (χ4v) is 5.87. The van der Waals surface area contributed by atoms with Gasteiger partial charge < -0.3 is 25.2 Å². The van der Waals surface area contributed by atoms with Crippen LogP contribution < -0.4 is 20.3 Å². The lowest BCUT2D eigenvalue weighted by molar-refractivity contribution is -0.128. The second-order valence-electron chi connectivity index (χ2n) is 11.1. The minimum absolute atomic E-state index is 0.000449. The van der Waals surface area contributed by atoms with Crippen molar-refractivity contribution in [2.75, 3.05) is 36.4 Å². The fraction of sp³-hybridized carbons (Fsp3) is 0.414. The molecule has 0 unspecified atom stereocenters. The molecule has 6 rings (SSSR count). The summed E-state index contributed by atoms with van der Waals surface area (Å²) in [6.45, 7) is 8.47. The highest BCUT2D eigenvalue weighted by molar-refractivity contribution is 6.14. The van der Waals surface area contributed by atoms with Crippen LogP contribution in [0.1, 0.15) is 37.6 Å². The Morgan fingerprint density at radius 1 is 1.12 bits per heavy atom. The average molecular weight is 561 g/mol. The molecular formula is C29H33FN8O3. The zero-order valence-electron chi connectivity index (χ0n) is 23.5. The van der Waals surface area contributed by atoms with Crippen LogP contribution in [-0.4, -0.2) is 80.8 Å². The van der Waals surface area contributed by atoms with Crippen LogP contribution in [0.5, 0.6) is 6.01 Å². The number of ether oxygens (including phenoxy) is 1. The van der Waals surface area contributed by atoms with E-state index in [1.807, 2.05) is 6.07 Å². The summed E-state index contributed by atoms with van der Waals surface area (Å²) >= 11 is 0. The summed E-state index contributed by atoms with van der Waals surface area (Å²) in [6.07, 6.45) is 3.83. The van der Waals surface area contributed by atoms with Gasteiger partial charge in [-0.25, -0.2) is 9.37 Å². The van der Waals surface area contributed by atoms with Gasteiger partial charge in [0.25, 0.3) is 5.91 Å². The van der Waals surface area contributed by atoms with Crippen LogP contribution in [-0.2, 0) is 11.8 Å². The Morgan fingerprint density at radius 2 is 1.90 bits per heavy atom. The summed E-state index contributed by atoms with van der Waals surface area (Å²) in [5.41, 5.74) is 2.24. The summed E-state index contributed by atoms with van der Waals surface area (Å²) < 4.78 is 22.3.